The number of hydrogen-bond donors (Lipinski definition) is 0. The van der Waals surface area contributed by atoms with Gasteiger partial charge in [-0.3, -0.25) is 9.59 Å². The van der Waals surface area contributed by atoms with E-state index >= 15 is 0 Å². The molecule has 1 aromatic rings. The van der Waals surface area contributed by atoms with Gasteiger partial charge in [-0.1, -0.05) is 22.0 Å². The molecule has 80 valence electrons. The van der Waals surface area contributed by atoms with Gasteiger partial charge < -0.3 is 0 Å². The van der Waals surface area contributed by atoms with Crippen LogP contribution < -0.4 is 0 Å². The van der Waals surface area contributed by atoms with E-state index in [2.05, 4.69) is 15.9 Å². The van der Waals surface area contributed by atoms with E-state index < -0.39 is 17.8 Å². The molecule has 0 fully saturated rings. The molecular weight excluding hydrogens is 270 g/mol. The molecule has 2 nitrogen and oxygen atoms in total. The van der Waals surface area contributed by atoms with Crippen LogP contribution in [0.2, 0.25) is 0 Å². The quantitative estimate of drug-likeness (QED) is 0.626. The molecule has 0 aromatic heterocycles. The average molecular weight is 277 g/mol. The second-order valence-electron chi connectivity index (χ2n) is 2.90. The van der Waals surface area contributed by atoms with E-state index in [1.165, 1.54) is 19.1 Å². The highest BCUT2D eigenvalue weighted by atomic mass is 79.9. The third-order valence-electron chi connectivity index (χ3n) is 1.93. The van der Waals surface area contributed by atoms with Crippen LogP contribution in [0.25, 0.3) is 0 Å². The lowest BCUT2D eigenvalue weighted by atomic mass is 9.99. The van der Waals surface area contributed by atoms with Crippen molar-refractivity contribution in [2.24, 2.45) is 0 Å². The molecule has 0 aliphatic heterocycles. The highest BCUT2D eigenvalue weighted by Crippen LogP contribution is 2.31. The van der Waals surface area contributed by atoms with Crippen molar-refractivity contribution in [3.8, 4) is 0 Å². The second kappa shape index (κ2) is 4.61. The topological polar surface area (TPSA) is 34.1 Å². The SMILES string of the molecule is CC(=O)c1c(Br)ccc(C=O)c1C(F)F. The summed E-state index contributed by atoms with van der Waals surface area (Å²) in [5, 5.41) is 0. The molecule has 0 atom stereocenters. The number of aldehydes is 1. The minimum absolute atomic E-state index is 0.130. The fourth-order valence-corrected chi connectivity index (χ4v) is 1.93. The fraction of sp³-hybridized carbons (Fsp3) is 0.200. The Balaban J connectivity index is 3.58. The van der Waals surface area contributed by atoms with E-state index in [1.54, 1.807) is 0 Å². The minimum atomic E-state index is -2.85. The van der Waals surface area contributed by atoms with Gasteiger partial charge >= 0.3 is 0 Å². The van der Waals surface area contributed by atoms with E-state index in [4.69, 9.17) is 0 Å². The van der Waals surface area contributed by atoms with Gasteiger partial charge in [0.15, 0.2) is 12.1 Å². The predicted octanol–water partition coefficient (Wildman–Crippen LogP) is 3.40. The Hall–Kier alpha value is -1.10. The first-order valence-corrected chi connectivity index (χ1v) is 4.85. The van der Waals surface area contributed by atoms with Crippen molar-refractivity contribution in [1.82, 2.24) is 0 Å². The maximum Gasteiger partial charge on any atom is 0.265 e. The van der Waals surface area contributed by atoms with Gasteiger partial charge in [0.05, 0.1) is 0 Å². The van der Waals surface area contributed by atoms with Crippen LogP contribution in [0, 0.1) is 0 Å². The van der Waals surface area contributed by atoms with Gasteiger partial charge in [-0.05, 0) is 13.0 Å². The molecule has 0 aliphatic carbocycles. The molecule has 0 heterocycles. The van der Waals surface area contributed by atoms with E-state index in [-0.39, 0.29) is 15.6 Å². The van der Waals surface area contributed by atoms with Crippen molar-refractivity contribution in [1.29, 1.82) is 0 Å². The third kappa shape index (κ3) is 2.28. The van der Waals surface area contributed by atoms with Crippen LogP contribution in [0.15, 0.2) is 16.6 Å². The van der Waals surface area contributed by atoms with E-state index in [0.717, 1.165) is 0 Å². The van der Waals surface area contributed by atoms with E-state index in [0.29, 0.717) is 6.29 Å². The summed E-state index contributed by atoms with van der Waals surface area (Å²) in [6.45, 7) is 1.18. The Labute approximate surface area is 93.4 Å². The smallest absolute Gasteiger partial charge is 0.265 e. The van der Waals surface area contributed by atoms with E-state index in [9.17, 15) is 18.4 Å². The number of carbonyl (C=O) groups excluding carboxylic acids is 2. The molecule has 1 rings (SSSR count). The first kappa shape index (κ1) is 12.0. The summed E-state index contributed by atoms with van der Waals surface area (Å²) in [5.41, 5.74) is -0.792. The Morgan fingerprint density at radius 2 is 2.07 bits per heavy atom. The van der Waals surface area contributed by atoms with Crippen LogP contribution in [0.1, 0.15) is 39.6 Å². The van der Waals surface area contributed by atoms with Crippen LogP contribution in [-0.4, -0.2) is 12.1 Å². The molecule has 0 saturated heterocycles. The molecule has 0 N–H and O–H groups in total. The number of rotatable bonds is 3. The van der Waals surface area contributed by atoms with E-state index in [1.807, 2.05) is 0 Å². The molecule has 0 saturated carbocycles. The summed E-state index contributed by atoms with van der Waals surface area (Å²) in [5.74, 6) is -0.499. The average Bonchev–Trinajstić information content (AvgIpc) is 2.16. The second-order valence-corrected chi connectivity index (χ2v) is 3.75. The lowest BCUT2D eigenvalue weighted by molar-refractivity contribution is 0.0996. The number of hydrogen-bond acceptors (Lipinski definition) is 2. The van der Waals surface area contributed by atoms with Crippen molar-refractivity contribution in [2.75, 3.05) is 0 Å². The lowest BCUT2D eigenvalue weighted by Gasteiger charge is -2.10. The third-order valence-corrected chi connectivity index (χ3v) is 2.59. The number of alkyl halides is 2. The monoisotopic (exact) mass is 276 g/mol. The van der Waals surface area contributed by atoms with Gasteiger partial charge in [0.2, 0.25) is 0 Å². The van der Waals surface area contributed by atoms with Crippen molar-refractivity contribution >= 4 is 28.0 Å². The Morgan fingerprint density at radius 1 is 1.47 bits per heavy atom. The molecule has 0 radical (unpaired) electrons. The summed E-state index contributed by atoms with van der Waals surface area (Å²) < 4.78 is 25.6. The fourth-order valence-electron chi connectivity index (χ4n) is 1.30. The largest absolute Gasteiger partial charge is 0.298 e. The molecule has 15 heavy (non-hydrogen) atoms. The zero-order valence-electron chi connectivity index (χ0n) is 7.76. The molecular formula is C10H7BrF2O2. The molecule has 0 amide bonds. The van der Waals surface area contributed by atoms with Gasteiger partial charge in [-0.25, -0.2) is 8.78 Å². The van der Waals surface area contributed by atoms with Gasteiger partial charge in [0, 0.05) is 21.2 Å². The van der Waals surface area contributed by atoms with Crippen LogP contribution in [0.4, 0.5) is 8.78 Å². The molecule has 0 bridgehead atoms. The highest BCUT2D eigenvalue weighted by Gasteiger charge is 2.22. The standard InChI is InChI=1S/C10H7BrF2O2/c1-5(15)8-7(11)3-2-6(4-14)9(8)10(12)13/h2-4,10H,1H3. The minimum Gasteiger partial charge on any atom is -0.298 e. The maximum atomic E-state index is 12.7. The zero-order valence-corrected chi connectivity index (χ0v) is 9.35. The maximum absolute atomic E-state index is 12.7. The molecule has 5 heteroatoms. The first-order chi connectivity index (χ1) is 6.99. The van der Waals surface area contributed by atoms with Gasteiger partial charge in [-0.15, -0.1) is 0 Å². The normalized spacial score (nSPS) is 10.5. The zero-order chi connectivity index (χ0) is 11.6. The Kier molecular flexibility index (Phi) is 3.68. The highest BCUT2D eigenvalue weighted by molar-refractivity contribution is 9.10. The molecule has 0 spiro atoms. The Morgan fingerprint density at radius 3 is 2.47 bits per heavy atom. The Bertz CT molecular complexity index is 416. The summed E-state index contributed by atoms with van der Waals surface area (Å²) in [6, 6.07) is 2.66. The van der Waals surface area contributed by atoms with Crippen molar-refractivity contribution in [2.45, 2.75) is 13.3 Å². The van der Waals surface area contributed by atoms with Crippen molar-refractivity contribution < 1.29 is 18.4 Å². The van der Waals surface area contributed by atoms with Crippen LogP contribution >= 0.6 is 15.9 Å². The number of carbonyl (C=O) groups is 2. The summed E-state index contributed by atoms with van der Waals surface area (Å²) in [4.78, 5) is 21.7. The first-order valence-electron chi connectivity index (χ1n) is 4.05. The number of halogens is 3. The summed E-state index contributed by atoms with van der Waals surface area (Å²) in [7, 11) is 0. The van der Waals surface area contributed by atoms with Gasteiger partial charge in [0.1, 0.15) is 0 Å². The predicted molar refractivity (Wildman–Crippen MR) is 54.5 cm³/mol. The number of ketones is 1. The van der Waals surface area contributed by atoms with Crippen LogP contribution in [0.3, 0.4) is 0 Å². The van der Waals surface area contributed by atoms with Gasteiger partial charge in [0.25, 0.3) is 6.43 Å². The van der Waals surface area contributed by atoms with Crippen molar-refractivity contribution in [3.63, 3.8) is 0 Å². The molecule has 0 unspecified atom stereocenters. The van der Waals surface area contributed by atoms with Crippen LogP contribution in [0.5, 0.6) is 0 Å². The molecule has 0 aliphatic rings. The number of Topliss-reactive ketones (excluding diaryl/α,β-unsaturated/α-hetero) is 1. The summed E-state index contributed by atoms with van der Waals surface area (Å²) in [6.07, 6.45) is -2.53. The van der Waals surface area contributed by atoms with Gasteiger partial charge in [-0.2, -0.15) is 0 Å². The van der Waals surface area contributed by atoms with Crippen LogP contribution in [-0.2, 0) is 0 Å². The van der Waals surface area contributed by atoms with Crippen molar-refractivity contribution in [3.05, 3.63) is 33.3 Å². The number of benzene rings is 1. The molecule has 1 aromatic carbocycles. The lowest BCUT2D eigenvalue weighted by Crippen LogP contribution is -2.05. The summed E-state index contributed by atoms with van der Waals surface area (Å²) >= 11 is 3.01.